The van der Waals surface area contributed by atoms with Crippen LogP contribution in [0.25, 0.3) is 0 Å². The summed E-state index contributed by atoms with van der Waals surface area (Å²) in [6.07, 6.45) is 2.31. The third-order valence-corrected chi connectivity index (χ3v) is 3.03. The summed E-state index contributed by atoms with van der Waals surface area (Å²) in [4.78, 5) is 34.1. The summed E-state index contributed by atoms with van der Waals surface area (Å²) in [5.41, 5.74) is 0. The van der Waals surface area contributed by atoms with Crippen LogP contribution in [0.3, 0.4) is 0 Å². The highest BCUT2D eigenvalue weighted by Gasteiger charge is 2.23. The fourth-order valence-electron chi connectivity index (χ4n) is 1.75. The number of aliphatic hydroxyl groups is 1. The molecule has 0 saturated heterocycles. The van der Waals surface area contributed by atoms with Crippen molar-refractivity contribution in [3.05, 3.63) is 0 Å². The van der Waals surface area contributed by atoms with Gasteiger partial charge >= 0.3 is 5.97 Å². The zero-order valence-corrected chi connectivity index (χ0v) is 12.2. The van der Waals surface area contributed by atoms with E-state index < -0.39 is 24.0 Å². The largest absolute Gasteiger partial charge is 0.480 e. The minimum Gasteiger partial charge on any atom is -0.480 e. The second kappa shape index (κ2) is 10.4. The van der Waals surface area contributed by atoms with Crippen molar-refractivity contribution < 1.29 is 24.6 Å². The Morgan fingerprint density at radius 1 is 1.15 bits per heavy atom. The summed E-state index contributed by atoms with van der Waals surface area (Å²) in [7, 11) is 0. The molecular formula is C14H25NO5. The number of Topliss-reactive ketones (excluding diaryl/α,β-unsaturated/α-hetero) is 1. The Hall–Kier alpha value is -1.43. The van der Waals surface area contributed by atoms with Gasteiger partial charge in [0.15, 0.2) is 0 Å². The van der Waals surface area contributed by atoms with Crippen LogP contribution in [-0.4, -0.2) is 40.0 Å². The van der Waals surface area contributed by atoms with Gasteiger partial charge in [-0.2, -0.15) is 0 Å². The van der Waals surface area contributed by atoms with Crippen molar-refractivity contribution in [2.24, 2.45) is 0 Å². The van der Waals surface area contributed by atoms with E-state index in [2.05, 4.69) is 5.32 Å². The molecule has 6 heteroatoms. The molecule has 0 aromatic heterocycles. The normalized spacial score (nSPS) is 13.6. The Bertz CT molecular complexity index is 330. The summed E-state index contributed by atoms with van der Waals surface area (Å²) >= 11 is 0. The molecule has 1 amide bonds. The maximum Gasteiger partial charge on any atom is 0.326 e. The maximum absolute atomic E-state index is 11.6. The number of rotatable bonds is 11. The van der Waals surface area contributed by atoms with E-state index in [-0.39, 0.29) is 18.6 Å². The fourth-order valence-corrected chi connectivity index (χ4v) is 1.75. The molecular weight excluding hydrogens is 262 g/mol. The summed E-state index contributed by atoms with van der Waals surface area (Å²) in [5, 5.41) is 20.7. The number of carbonyl (C=O) groups excluding carboxylic acids is 2. The fraction of sp³-hybridized carbons (Fsp3) is 0.786. The van der Waals surface area contributed by atoms with Crippen LogP contribution < -0.4 is 5.32 Å². The van der Waals surface area contributed by atoms with E-state index in [4.69, 9.17) is 5.11 Å². The Morgan fingerprint density at radius 2 is 1.80 bits per heavy atom. The van der Waals surface area contributed by atoms with Gasteiger partial charge in [-0.15, -0.1) is 0 Å². The van der Waals surface area contributed by atoms with Crippen molar-refractivity contribution in [3.8, 4) is 0 Å². The number of aliphatic hydroxyl groups excluding tert-OH is 1. The van der Waals surface area contributed by atoms with Gasteiger partial charge in [0.25, 0.3) is 0 Å². The lowest BCUT2D eigenvalue weighted by Gasteiger charge is -2.17. The Morgan fingerprint density at radius 3 is 2.30 bits per heavy atom. The quantitative estimate of drug-likeness (QED) is 0.392. The molecule has 0 fully saturated rings. The van der Waals surface area contributed by atoms with Crippen LogP contribution in [0.2, 0.25) is 0 Å². The van der Waals surface area contributed by atoms with E-state index in [1.165, 1.54) is 0 Å². The summed E-state index contributed by atoms with van der Waals surface area (Å²) in [6, 6.07) is -1.15. The highest BCUT2D eigenvalue weighted by molar-refractivity contribution is 5.99. The molecule has 0 bridgehead atoms. The van der Waals surface area contributed by atoms with Crippen molar-refractivity contribution >= 4 is 17.7 Å². The number of hydrogen-bond acceptors (Lipinski definition) is 4. The number of carboxylic acids is 1. The van der Waals surface area contributed by atoms with Crippen LogP contribution in [0.5, 0.6) is 0 Å². The lowest BCUT2D eigenvalue weighted by molar-refractivity contribution is -0.143. The van der Waals surface area contributed by atoms with Gasteiger partial charge in [-0.05, 0) is 12.8 Å². The monoisotopic (exact) mass is 287 g/mol. The zero-order valence-electron chi connectivity index (χ0n) is 12.2. The molecule has 1 unspecified atom stereocenters. The van der Waals surface area contributed by atoms with Crippen LogP contribution in [0.4, 0.5) is 0 Å². The first-order valence-electron chi connectivity index (χ1n) is 7.12. The van der Waals surface area contributed by atoms with Crippen molar-refractivity contribution in [2.45, 2.75) is 70.9 Å². The van der Waals surface area contributed by atoms with Crippen molar-refractivity contribution in [1.29, 1.82) is 0 Å². The van der Waals surface area contributed by atoms with Crippen LogP contribution in [0.15, 0.2) is 0 Å². The number of carbonyl (C=O) groups is 3. The molecule has 0 heterocycles. The molecule has 0 rings (SSSR count). The first kappa shape index (κ1) is 18.6. The van der Waals surface area contributed by atoms with Crippen LogP contribution >= 0.6 is 0 Å². The molecule has 0 aromatic rings. The molecule has 0 saturated carbocycles. The lowest BCUT2D eigenvalue weighted by atomic mass is 10.1. The lowest BCUT2D eigenvalue weighted by Crippen LogP contribution is -2.43. The Labute approximate surface area is 119 Å². The van der Waals surface area contributed by atoms with Crippen LogP contribution in [-0.2, 0) is 14.4 Å². The zero-order chi connectivity index (χ0) is 15.5. The van der Waals surface area contributed by atoms with Gasteiger partial charge in [0, 0.05) is 12.8 Å². The van der Waals surface area contributed by atoms with E-state index in [9.17, 15) is 19.5 Å². The van der Waals surface area contributed by atoms with Gasteiger partial charge in [0.05, 0.1) is 12.5 Å². The van der Waals surface area contributed by atoms with Crippen LogP contribution in [0, 0.1) is 0 Å². The summed E-state index contributed by atoms with van der Waals surface area (Å²) in [5.74, 6) is -1.98. The first-order chi connectivity index (χ1) is 9.40. The molecule has 2 atom stereocenters. The highest BCUT2D eigenvalue weighted by atomic mass is 16.4. The van der Waals surface area contributed by atoms with Gasteiger partial charge in [-0.3, -0.25) is 9.59 Å². The van der Waals surface area contributed by atoms with Gasteiger partial charge in [0.1, 0.15) is 11.8 Å². The molecule has 0 aliphatic carbocycles. The van der Waals surface area contributed by atoms with Gasteiger partial charge < -0.3 is 15.5 Å². The second-order valence-corrected chi connectivity index (χ2v) is 4.93. The molecule has 20 heavy (non-hydrogen) atoms. The third kappa shape index (κ3) is 8.63. The highest BCUT2D eigenvalue weighted by Crippen LogP contribution is 2.05. The van der Waals surface area contributed by atoms with E-state index in [1.807, 2.05) is 6.92 Å². The average Bonchev–Trinajstić information content (AvgIpc) is 2.37. The number of ketones is 1. The number of nitrogens with one attached hydrogen (secondary N) is 1. The molecule has 116 valence electrons. The molecule has 0 aromatic carbocycles. The molecule has 6 nitrogen and oxygen atoms in total. The molecule has 0 spiro atoms. The van der Waals surface area contributed by atoms with Crippen molar-refractivity contribution in [1.82, 2.24) is 5.32 Å². The van der Waals surface area contributed by atoms with E-state index in [0.717, 1.165) is 19.3 Å². The molecule has 0 aliphatic heterocycles. The number of carboxylic acid groups (broad SMARTS) is 1. The van der Waals surface area contributed by atoms with E-state index in [1.54, 1.807) is 6.92 Å². The topological polar surface area (TPSA) is 104 Å². The van der Waals surface area contributed by atoms with E-state index in [0.29, 0.717) is 12.8 Å². The minimum atomic E-state index is -1.20. The average molecular weight is 287 g/mol. The summed E-state index contributed by atoms with van der Waals surface area (Å²) < 4.78 is 0. The second-order valence-electron chi connectivity index (χ2n) is 4.93. The molecule has 0 radical (unpaired) electrons. The predicted octanol–water partition coefficient (Wildman–Crippen LogP) is 1.26. The minimum absolute atomic E-state index is 0.0540. The van der Waals surface area contributed by atoms with Gasteiger partial charge in [-0.25, -0.2) is 4.79 Å². The summed E-state index contributed by atoms with van der Waals surface area (Å²) in [6.45, 7) is 3.75. The number of amides is 1. The Kier molecular flexibility index (Phi) is 9.63. The van der Waals surface area contributed by atoms with E-state index >= 15 is 0 Å². The predicted molar refractivity (Wildman–Crippen MR) is 74.2 cm³/mol. The van der Waals surface area contributed by atoms with Gasteiger partial charge in [0.2, 0.25) is 5.91 Å². The number of unbranched alkanes of at least 4 members (excludes halogenated alkanes) is 2. The van der Waals surface area contributed by atoms with Crippen molar-refractivity contribution in [3.63, 3.8) is 0 Å². The molecule has 0 aliphatic rings. The number of aliphatic carboxylic acids is 1. The Balaban J connectivity index is 4.19. The molecule has 3 N–H and O–H groups in total. The van der Waals surface area contributed by atoms with Crippen LogP contribution in [0.1, 0.15) is 58.8 Å². The maximum atomic E-state index is 11.6. The first-order valence-corrected chi connectivity index (χ1v) is 7.12. The smallest absolute Gasteiger partial charge is 0.326 e. The SMILES string of the molecule is CCCCCC(=O)CC(=O)N[C@@H](CC(O)CC)C(=O)O. The third-order valence-electron chi connectivity index (χ3n) is 3.03. The van der Waals surface area contributed by atoms with Crippen molar-refractivity contribution in [2.75, 3.05) is 0 Å². The van der Waals surface area contributed by atoms with Gasteiger partial charge in [-0.1, -0.05) is 26.7 Å². The standard InChI is InChI=1S/C14H25NO5/c1-3-5-6-7-11(17)9-13(18)15-12(14(19)20)8-10(16)4-2/h10,12,16H,3-9H2,1-2H3,(H,15,18)(H,19,20)/t10?,12-/m0/s1. The number of hydrogen-bond donors (Lipinski definition) is 3.